The first kappa shape index (κ1) is 10.4. The molecule has 0 aliphatic rings. The van der Waals surface area contributed by atoms with Gasteiger partial charge in [0.25, 0.3) is 0 Å². The van der Waals surface area contributed by atoms with E-state index in [1.807, 2.05) is 24.3 Å². The molecule has 0 aliphatic heterocycles. The van der Waals surface area contributed by atoms with Crippen molar-refractivity contribution in [3.63, 3.8) is 0 Å². The Morgan fingerprint density at radius 2 is 1.76 bits per heavy atom. The van der Waals surface area contributed by atoms with E-state index in [9.17, 15) is 9.18 Å². The first-order chi connectivity index (χ1) is 8.31. The summed E-state index contributed by atoms with van der Waals surface area (Å²) in [6, 6.07) is 12.8. The van der Waals surface area contributed by atoms with E-state index in [1.54, 1.807) is 18.2 Å². The van der Waals surface area contributed by atoms with E-state index in [1.165, 1.54) is 11.3 Å². The highest BCUT2D eigenvalue weighted by Crippen LogP contribution is 2.26. The van der Waals surface area contributed by atoms with Gasteiger partial charge in [0.1, 0.15) is 6.67 Å². The molecule has 0 aliphatic carbocycles. The van der Waals surface area contributed by atoms with Crippen LogP contribution in [0.2, 0.25) is 0 Å². The summed E-state index contributed by atoms with van der Waals surface area (Å²) < 4.78 is 14.7. The molecular weight excluding hydrogens is 235 g/mol. The number of hydrogen-bond donors (Lipinski definition) is 0. The van der Waals surface area contributed by atoms with Crippen molar-refractivity contribution in [2.45, 2.75) is 6.67 Å². The van der Waals surface area contributed by atoms with Gasteiger partial charge in [-0.05, 0) is 23.8 Å². The number of hydrogen-bond acceptors (Lipinski definition) is 2. The lowest BCUT2D eigenvalue weighted by molar-refractivity contribution is 0.488. The molecule has 3 heteroatoms. The molecule has 3 rings (SSSR count). The largest absolute Gasteiger partial charge is 0.288 e. The lowest BCUT2D eigenvalue weighted by Gasteiger charge is -2.03. The Bertz CT molecular complexity index is 761. The highest BCUT2D eigenvalue weighted by atomic mass is 32.1. The van der Waals surface area contributed by atoms with Crippen LogP contribution in [0.4, 0.5) is 4.39 Å². The summed E-state index contributed by atoms with van der Waals surface area (Å²) in [5.74, 6) is 0. The maximum absolute atomic E-state index is 12.9. The Kier molecular flexibility index (Phi) is 2.41. The normalized spacial score (nSPS) is 11.1. The third-order valence-electron chi connectivity index (χ3n) is 2.84. The molecule has 0 unspecified atom stereocenters. The molecular formula is C14H9FOS. The predicted octanol–water partition coefficient (Wildman–Crippen LogP) is 3.88. The number of benzene rings is 2. The molecule has 1 heterocycles. The molecule has 1 aromatic heterocycles. The lowest BCUT2D eigenvalue weighted by atomic mass is 10.1. The molecule has 1 nitrogen and oxygen atoms in total. The molecule has 0 fully saturated rings. The Morgan fingerprint density at radius 3 is 2.59 bits per heavy atom. The van der Waals surface area contributed by atoms with Gasteiger partial charge in [-0.1, -0.05) is 24.3 Å². The fourth-order valence-electron chi connectivity index (χ4n) is 2.03. The number of halogens is 1. The first-order valence-electron chi connectivity index (χ1n) is 5.30. The average Bonchev–Trinajstić information content (AvgIpc) is 2.38. The molecule has 0 N–H and O–H groups in total. The van der Waals surface area contributed by atoms with Gasteiger partial charge in [0.05, 0.1) is 0 Å². The molecule has 17 heavy (non-hydrogen) atoms. The second-order valence-electron chi connectivity index (χ2n) is 3.85. The fourth-order valence-corrected chi connectivity index (χ4v) is 3.15. The van der Waals surface area contributed by atoms with Gasteiger partial charge in [-0.25, -0.2) is 4.39 Å². The summed E-state index contributed by atoms with van der Waals surface area (Å²) >= 11 is 1.53. The van der Waals surface area contributed by atoms with Crippen LogP contribution in [0.15, 0.2) is 47.3 Å². The predicted molar refractivity (Wildman–Crippen MR) is 70.4 cm³/mol. The third-order valence-corrected chi connectivity index (χ3v) is 3.97. The molecule has 0 radical (unpaired) electrons. The van der Waals surface area contributed by atoms with E-state index in [0.29, 0.717) is 16.3 Å². The molecule has 2 aromatic carbocycles. The quantitative estimate of drug-likeness (QED) is 0.594. The van der Waals surface area contributed by atoms with Crippen LogP contribution in [-0.4, -0.2) is 0 Å². The van der Waals surface area contributed by atoms with Crippen molar-refractivity contribution in [3.05, 3.63) is 58.3 Å². The Balaban J connectivity index is 2.60. The molecule has 84 valence electrons. The summed E-state index contributed by atoms with van der Waals surface area (Å²) in [6.07, 6.45) is 0. The van der Waals surface area contributed by atoms with Crippen LogP contribution in [0, 0.1) is 0 Å². The summed E-state index contributed by atoms with van der Waals surface area (Å²) in [7, 11) is 0. The Hall–Kier alpha value is -1.74. The summed E-state index contributed by atoms with van der Waals surface area (Å²) in [6.45, 7) is -0.600. The van der Waals surface area contributed by atoms with Gasteiger partial charge in [0.2, 0.25) is 0 Å². The Labute approximate surface area is 101 Å². The zero-order valence-electron chi connectivity index (χ0n) is 8.94. The third kappa shape index (κ3) is 1.54. The van der Waals surface area contributed by atoms with Crippen molar-refractivity contribution < 1.29 is 4.39 Å². The van der Waals surface area contributed by atoms with Crippen LogP contribution in [-0.2, 0) is 6.67 Å². The second kappa shape index (κ2) is 3.93. The zero-order chi connectivity index (χ0) is 11.8. The van der Waals surface area contributed by atoms with Gasteiger partial charge in [-0.15, -0.1) is 11.3 Å². The minimum absolute atomic E-state index is 0.0670. The van der Waals surface area contributed by atoms with Crippen molar-refractivity contribution in [2.75, 3.05) is 0 Å². The maximum Gasteiger partial charge on any atom is 0.196 e. The van der Waals surface area contributed by atoms with E-state index in [4.69, 9.17) is 0 Å². The summed E-state index contributed by atoms with van der Waals surface area (Å²) in [4.78, 5) is 12.3. The molecule has 0 bridgehead atoms. The monoisotopic (exact) mass is 244 g/mol. The maximum atomic E-state index is 12.9. The standard InChI is InChI=1S/C14H9FOS/c15-8-9-4-3-7-12-13(9)14(16)10-5-1-2-6-11(10)17-12/h1-7H,8H2. The number of fused-ring (bicyclic) bond motifs is 2. The summed E-state index contributed by atoms with van der Waals surface area (Å²) in [5.41, 5.74) is 0.414. The van der Waals surface area contributed by atoms with Crippen molar-refractivity contribution in [1.82, 2.24) is 0 Å². The van der Waals surface area contributed by atoms with Gasteiger partial charge in [-0.3, -0.25) is 4.79 Å². The fraction of sp³-hybridized carbons (Fsp3) is 0.0714. The van der Waals surface area contributed by atoms with E-state index >= 15 is 0 Å². The van der Waals surface area contributed by atoms with Gasteiger partial charge in [-0.2, -0.15) is 0 Å². The van der Waals surface area contributed by atoms with Crippen LogP contribution < -0.4 is 5.43 Å². The van der Waals surface area contributed by atoms with E-state index in [0.717, 1.165) is 9.40 Å². The molecule has 0 atom stereocenters. The first-order valence-corrected chi connectivity index (χ1v) is 6.12. The lowest BCUT2D eigenvalue weighted by Crippen LogP contribution is -2.03. The molecule has 0 saturated carbocycles. The molecule has 3 aromatic rings. The second-order valence-corrected chi connectivity index (χ2v) is 4.94. The van der Waals surface area contributed by atoms with Crippen molar-refractivity contribution in [1.29, 1.82) is 0 Å². The molecule has 0 saturated heterocycles. The minimum atomic E-state index is -0.600. The highest BCUT2D eigenvalue weighted by molar-refractivity contribution is 7.24. The minimum Gasteiger partial charge on any atom is -0.288 e. The van der Waals surface area contributed by atoms with E-state index in [-0.39, 0.29) is 5.43 Å². The van der Waals surface area contributed by atoms with Gasteiger partial charge in [0, 0.05) is 20.2 Å². The van der Waals surface area contributed by atoms with Crippen LogP contribution in [0.25, 0.3) is 20.2 Å². The van der Waals surface area contributed by atoms with Crippen molar-refractivity contribution in [2.24, 2.45) is 0 Å². The van der Waals surface area contributed by atoms with E-state index in [2.05, 4.69) is 0 Å². The SMILES string of the molecule is O=c1c2ccccc2sc2cccc(CF)c12. The smallest absolute Gasteiger partial charge is 0.196 e. The van der Waals surface area contributed by atoms with Crippen LogP contribution in [0.1, 0.15) is 5.56 Å². The van der Waals surface area contributed by atoms with E-state index < -0.39 is 6.67 Å². The topological polar surface area (TPSA) is 17.1 Å². The molecule has 0 spiro atoms. The number of alkyl halides is 1. The van der Waals surface area contributed by atoms with Gasteiger partial charge in [0.15, 0.2) is 5.43 Å². The van der Waals surface area contributed by atoms with Crippen molar-refractivity contribution >= 4 is 31.5 Å². The molecule has 0 amide bonds. The van der Waals surface area contributed by atoms with Crippen LogP contribution >= 0.6 is 11.3 Å². The zero-order valence-corrected chi connectivity index (χ0v) is 9.76. The van der Waals surface area contributed by atoms with Crippen molar-refractivity contribution in [3.8, 4) is 0 Å². The highest BCUT2D eigenvalue weighted by Gasteiger charge is 2.08. The van der Waals surface area contributed by atoms with Crippen LogP contribution in [0.3, 0.4) is 0 Å². The average molecular weight is 244 g/mol. The number of rotatable bonds is 1. The van der Waals surface area contributed by atoms with Gasteiger partial charge >= 0.3 is 0 Å². The van der Waals surface area contributed by atoms with Gasteiger partial charge < -0.3 is 0 Å². The summed E-state index contributed by atoms with van der Waals surface area (Å²) in [5, 5.41) is 1.20. The Morgan fingerprint density at radius 1 is 1.00 bits per heavy atom. The van der Waals surface area contributed by atoms with Crippen LogP contribution in [0.5, 0.6) is 0 Å².